The van der Waals surface area contributed by atoms with Crippen molar-refractivity contribution in [2.45, 2.75) is 26.3 Å². The summed E-state index contributed by atoms with van der Waals surface area (Å²) in [6, 6.07) is 9.24. The maximum atomic E-state index is 12.4. The molecule has 0 aromatic heterocycles. The number of likely N-dealkylation sites (tertiary alicyclic amines) is 1. The predicted octanol–water partition coefficient (Wildman–Crippen LogP) is 2.10. The molecule has 0 N–H and O–H groups in total. The van der Waals surface area contributed by atoms with E-state index in [0.717, 1.165) is 0 Å². The number of ether oxygens (including phenoxy) is 1. The van der Waals surface area contributed by atoms with Gasteiger partial charge in [-0.15, -0.1) is 0 Å². The topological polar surface area (TPSA) is 46.6 Å². The standard InChI is InChI=1S/C15H19NO3/c1-3-19-15(18)13-9-11(2)16(10-13)14(17)12-7-5-4-6-8-12/h4-8,11,13H,3,9-10H2,1-2H3/t11-,13?/m1/s1. The maximum absolute atomic E-state index is 12.4. The van der Waals surface area contributed by atoms with E-state index in [0.29, 0.717) is 25.1 Å². The molecule has 4 heteroatoms. The number of hydrogen-bond acceptors (Lipinski definition) is 3. The smallest absolute Gasteiger partial charge is 0.310 e. The van der Waals surface area contributed by atoms with E-state index in [9.17, 15) is 9.59 Å². The van der Waals surface area contributed by atoms with E-state index in [1.165, 1.54) is 0 Å². The number of carbonyl (C=O) groups is 2. The van der Waals surface area contributed by atoms with Crippen LogP contribution in [-0.2, 0) is 9.53 Å². The summed E-state index contributed by atoms with van der Waals surface area (Å²) in [4.78, 5) is 25.9. The zero-order chi connectivity index (χ0) is 13.8. The van der Waals surface area contributed by atoms with E-state index in [1.54, 1.807) is 24.0 Å². The highest BCUT2D eigenvalue weighted by Crippen LogP contribution is 2.25. The van der Waals surface area contributed by atoms with Crippen LogP contribution >= 0.6 is 0 Å². The Morgan fingerprint density at radius 2 is 2.00 bits per heavy atom. The Balaban J connectivity index is 2.06. The van der Waals surface area contributed by atoms with Crippen LogP contribution in [0.5, 0.6) is 0 Å². The number of hydrogen-bond donors (Lipinski definition) is 0. The first kappa shape index (κ1) is 13.6. The largest absolute Gasteiger partial charge is 0.466 e. The Morgan fingerprint density at radius 3 is 2.63 bits per heavy atom. The fourth-order valence-electron chi connectivity index (χ4n) is 2.49. The second kappa shape index (κ2) is 5.87. The minimum Gasteiger partial charge on any atom is -0.466 e. The molecule has 19 heavy (non-hydrogen) atoms. The van der Waals surface area contributed by atoms with Crippen LogP contribution in [0.1, 0.15) is 30.6 Å². The molecule has 1 saturated heterocycles. The lowest BCUT2D eigenvalue weighted by Gasteiger charge is -2.21. The van der Waals surface area contributed by atoms with Crippen molar-refractivity contribution in [2.24, 2.45) is 5.92 Å². The predicted molar refractivity (Wildman–Crippen MR) is 71.7 cm³/mol. The zero-order valence-electron chi connectivity index (χ0n) is 11.3. The highest BCUT2D eigenvalue weighted by atomic mass is 16.5. The van der Waals surface area contributed by atoms with Crippen LogP contribution < -0.4 is 0 Å². The molecule has 4 nitrogen and oxygen atoms in total. The van der Waals surface area contributed by atoms with Crippen LogP contribution in [-0.4, -0.2) is 36.0 Å². The first-order chi connectivity index (χ1) is 9.13. The van der Waals surface area contributed by atoms with Crippen molar-refractivity contribution in [3.8, 4) is 0 Å². The van der Waals surface area contributed by atoms with E-state index in [1.807, 2.05) is 25.1 Å². The van der Waals surface area contributed by atoms with Gasteiger partial charge in [0, 0.05) is 18.2 Å². The molecule has 1 aromatic carbocycles. The van der Waals surface area contributed by atoms with E-state index in [2.05, 4.69) is 0 Å². The van der Waals surface area contributed by atoms with E-state index in [-0.39, 0.29) is 23.8 Å². The second-order valence-electron chi connectivity index (χ2n) is 4.86. The maximum Gasteiger partial charge on any atom is 0.310 e. The Hall–Kier alpha value is -1.84. The number of rotatable bonds is 3. The average molecular weight is 261 g/mol. The van der Waals surface area contributed by atoms with E-state index < -0.39 is 0 Å². The molecule has 1 aliphatic rings. The lowest BCUT2D eigenvalue weighted by atomic mass is 10.1. The summed E-state index contributed by atoms with van der Waals surface area (Å²) in [6.07, 6.45) is 0.678. The molecule has 1 amide bonds. The fourth-order valence-corrected chi connectivity index (χ4v) is 2.49. The molecular weight excluding hydrogens is 242 g/mol. The van der Waals surface area contributed by atoms with Gasteiger partial charge in [-0.3, -0.25) is 9.59 Å². The van der Waals surface area contributed by atoms with Gasteiger partial charge in [0.2, 0.25) is 0 Å². The number of amides is 1. The van der Waals surface area contributed by atoms with Gasteiger partial charge in [-0.05, 0) is 32.4 Å². The Kier molecular flexibility index (Phi) is 4.20. The first-order valence-corrected chi connectivity index (χ1v) is 6.66. The molecule has 1 aliphatic heterocycles. The number of carbonyl (C=O) groups excluding carboxylic acids is 2. The van der Waals surface area contributed by atoms with Crippen molar-refractivity contribution in [1.29, 1.82) is 0 Å². The van der Waals surface area contributed by atoms with Crippen LogP contribution in [0.15, 0.2) is 30.3 Å². The lowest BCUT2D eigenvalue weighted by Crippen LogP contribution is -2.34. The molecule has 1 heterocycles. The summed E-state index contributed by atoms with van der Waals surface area (Å²) in [5, 5.41) is 0. The van der Waals surface area contributed by atoms with E-state index in [4.69, 9.17) is 4.74 Å². The molecule has 0 bridgehead atoms. The van der Waals surface area contributed by atoms with Crippen molar-refractivity contribution in [3.63, 3.8) is 0 Å². The van der Waals surface area contributed by atoms with Gasteiger partial charge in [0.1, 0.15) is 0 Å². The van der Waals surface area contributed by atoms with Gasteiger partial charge in [-0.1, -0.05) is 18.2 Å². The first-order valence-electron chi connectivity index (χ1n) is 6.66. The summed E-state index contributed by atoms with van der Waals surface area (Å²) in [6.45, 7) is 4.60. The van der Waals surface area contributed by atoms with Gasteiger partial charge in [0.15, 0.2) is 0 Å². The fraction of sp³-hybridized carbons (Fsp3) is 0.467. The van der Waals surface area contributed by atoms with Gasteiger partial charge in [-0.25, -0.2) is 0 Å². The van der Waals surface area contributed by atoms with Gasteiger partial charge in [0.05, 0.1) is 12.5 Å². The molecule has 0 saturated carbocycles. The third-order valence-corrected chi connectivity index (χ3v) is 3.48. The lowest BCUT2D eigenvalue weighted by molar-refractivity contribution is -0.147. The Morgan fingerprint density at radius 1 is 1.32 bits per heavy atom. The second-order valence-corrected chi connectivity index (χ2v) is 4.86. The highest BCUT2D eigenvalue weighted by Gasteiger charge is 2.37. The molecule has 1 unspecified atom stereocenters. The van der Waals surface area contributed by atoms with Gasteiger partial charge in [-0.2, -0.15) is 0 Å². The molecule has 2 atom stereocenters. The molecular formula is C15H19NO3. The minimum atomic E-state index is -0.197. The third-order valence-electron chi connectivity index (χ3n) is 3.48. The summed E-state index contributed by atoms with van der Waals surface area (Å²) < 4.78 is 5.03. The zero-order valence-corrected chi connectivity index (χ0v) is 11.3. The van der Waals surface area contributed by atoms with Crippen LogP contribution in [0.25, 0.3) is 0 Å². The van der Waals surface area contributed by atoms with Crippen molar-refractivity contribution >= 4 is 11.9 Å². The molecule has 0 aliphatic carbocycles. The minimum absolute atomic E-state index is 0.0140. The normalized spacial score (nSPS) is 22.3. The average Bonchev–Trinajstić information content (AvgIpc) is 2.81. The van der Waals surface area contributed by atoms with Crippen LogP contribution in [0.4, 0.5) is 0 Å². The molecule has 102 valence electrons. The van der Waals surface area contributed by atoms with Gasteiger partial charge >= 0.3 is 5.97 Å². The molecule has 0 spiro atoms. The molecule has 2 rings (SSSR count). The van der Waals surface area contributed by atoms with Crippen molar-refractivity contribution in [2.75, 3.05) is 13.2 Å². The molecule has 1 fully saturated rings. The number of benzene rings is 1. The van der Waals surface area contributed by atoms with E-state index >= 15 is 0 Å². The van der Waals surface area contributed by atoms with Crippen LogP contribution in [0.3, 0.4) is 0 Å². The number of nitrogens with zero attached hydrogens (tertiary/aromatic N) is 1. The summed E-state index contributed by atoms with van der Waals surface area (Å²) in [5.41, 5.74) is 0.666. The van der Waals surface area contributed by atoms with Crippen molar-refractivity contribution in [1.82, 2.24) is 4.90 Å². The highest BCUT2D eigenvalue weighted by molar-refractivity contribution is 5.95. The Bertz CT molecular complexity index is 458. The van der Waals surface area contributed by atoms with Gasteiger partial charge < -0.3 is 9.64 Å². The van der Waals surface area contributed by atoms with Crippen molar-refractivity contribution < 1.29 is 14.3 Å². The SMILES string of the molecule is CCOC(=O)C1C[C@@H](C)N(C(=O)c2ccccc2)C1. The van der Waals surface area contributed by atoms with Crippen LogP contribution in [0, 0.1) is 5.92 Å². The summed E-state index contributed by atoms with van der Waals surface area (Å²) >= 11 is 0. The quantitative estimate of drug-likeness (QED) is 0.783. The third kappa shape index (κ3) is 2.95. The summed E-state index contributed by atoms with van der Waals surface area (Å²) in [7, 11) is 0. The number of esters is 1. The summed E-state index contributed by atoms with van der Waals surface area (Å²) in [5.74, 6) is -0.403. The molecule has 1 aromatic rings. The molecule has 0 radical (unpaired) electrons. The van der Waals surface area contributed by atoms with Crippen molar-refractivity contribution in [3.05, 3.63) is 35.9 Å². The monoisotopic (exact) mass is 261 g/mol. The van der Waals surface area contributed by atoms with Gasteiger partial charge in [0.25, 0.3) is 5.91 Å². The Labute approximate surface area is 113 Å². The van der Waals surface area contributed by atoms with Crippen LogP contribution in [0.2, 0.25) is 0 Å².